The predicted molar refractivity (Wildman–Crippen MR) is 125 cm³/mol. The van der Waals surface area contributed by atoms with Crippen molar-refractivity contribution in [2.24, 2.45) is 0 Å². The molecule has 0 atom stereocenters. The number of carbonyl (C=O) groups excluding carboxylic acids is 1. The number of furan rings is 1. The fraction of sp³-hybridized carbons (Fsp3) is 0.125. The highest BCUT2D eigenvalue weighted by Crippen LogP contribution is 2.25. The van der Waals surface area contributed by atoms with Gasteiger partial charge in [-0.3, -0.25) is 15.1 Å². The van der Waals surface area contributed by atoms with Crippen LogP contribution in [0.3, 0.4) is 0 Å². The lowest BCUT2D eigenvalue weighted by Crippen LogP contribution is -2.34. The number of nitrogens with zero attached hydrogens (tertiary/aromatic N) is 2. The Balaban J connectivity index is 1.20. The highest BCUT2D eigenvalue weighted by Gasteiger charge is 2.16. The van der Waals surface area contributed by atoms with Crippen molar-refractivity contribution in [3.8, 4) is 0 Å². The lowest BCUT2D eigenvalue weighted by atomic mass is 9.99. The molecule has 0 fully saturated rings. The molecule has 154 valence electrons. The fourth-order valence-electron chi connectivity index (χ4n) is 3.80. The van der Waals surface area contributed by atoms with E-state index >= 15 is 0 Å². The van der Waals surface area contributed by atoms with Gasteiger partial charge in [0.2, 0.25) is 0 Å². The molecule has 7 heteroatoms. The van der Waals surface area contributed by atoms with E-state index in [4.69, 9.17) is 16.6 Å². The van der Waals surface area contributed by atoms with Crippen molar-refractivity contribution in [1.82, 2.24) is 10.3 Å². The first kappa shape index (κ1) is 19.3. The Morgan fingerprint density at radius 2 is 1.87 bits per heavy atom. The van der Waals surface area contributed by atoms with Crippen molar-refractivity contribution in [2.45, 2.75) is 13.0 Å². The van der Waals surface area contributed by atoms with Gasteiger partial charge in [-0.2, -0.15) is 0 Å². The Morgan fingerprint density at radius 1 is 1.06 bits per heavy atom. The van der Waals surface area contributed by atoms with Crippen LogP contribution in [0.4, 0.5) is 11.4 Å². The first-order valence-electron chi connectivity index (χ1n) is 10.0. The van der Waals surface area contributed by atoms with Gasteiger partial charge in [-0.15, -0.1) is 0 Å². The molecule has 0 unspecified atom stereocenters. The van der Waals surface area contributed by atoms with Crippen LogP contribution in [0.1, 0.15) is 21.7 Å². The molecule has 0 spiro atoms. The summed E-state index contributed by atoms with van der Waals surface area (Å²) in [5, 5.41) is 6.68. The Kier molecular flexibility index (Phi) is 5.09. The molecule has 0 aliphatic carbocycles. The van der Waals surface area contributed by atoms with Crippen LogP contribution in [0.25, 0.3) is 11.0 Å². The second-order valence-electron chi connectivity index (χ2n) is 7.42. The second kappa shape index (κ2) is 8.20. The van der Waals surface area contributed by atoms with Crippen LogP contribution in [0.15, 0.2) is 77.5 Å². The standard InChI is InChI=1S/C24H20N4O2S/c29-23(22-13-18-14-25-11-9-21(18)30-22)27-24(31)26-19-5-7-20(8-6-19)28-12-10-16-3-1-2-4-17(16)15-28/h1-9,11,13-14H,10,12,15H2,(H2,26,27,29,31). The number of hydrogen-bond donors (Lipinski definition) is 2. The van der Waals surface area contributed by atoms with E-state index in [9.17, 15) is 4.79 Å². The van der Waals surface area contributed by atoms with E-state index in [0.717, 1.165) is 36.3 Å². The SMILES string of the molecule is O=C(NC(=S)Nc1ccc(N2CCc3ccccc3C2)cc1)c1cc2cnccc2o1. The number of pyridine rings is 1. The number of hydrogen-bond acceptors (Lipinski definition) is 5. The third-order valence-electron chi connectivity index (χ3n) is 5.39. The average molecular weight is 429 g/mol. The van der Waals surface area contributed by atoms with Crippen molar-refractivity contribution in [3.63, 3.8) is 0 Å². The molecule has 3 heterocycles. The quantitative estimate of drug-likeness (QED) is 0.468. The molecule has 0 bridgehead atoms. The second-order valence-corrected chi connectivity index (χ2v) is 7.83. The van der Waals surface area contributed by atoms with Gasteiger partial charge >= 0.3 is 0 Å². The molecule has 4 aromatic rings. The molecule has 1 amide bonds. The first-order chi connectivity index (χ1) is 15.2. The van der Waals surface area contributed by atoms with Gasteiger partial charge in [-0.05, 0) is 66.2 Å². The fourth-order valence-corrected chi connectivity index (χ4v) is 4.01. The number of nitrogens with one attached hydrogen (secondary N) is 2. The summed E-state index contributed by atoms with van der Waals surface area (Å²) in [7, 11) is 0. The minimum absolute atomic E-state index is 0.188. The van der Waals surface area contributed by atoms with Gasteiger partial charge in [0.05, 0.1) is 0 Å². The Labute approximate surface area is 184 Å². The largest absolute Gasteiger partial charge is 0.451 e. The number of rotatable bonds is 3. The lowest BCUT2D eigenvalue weighted by molar-refractivity contribution is 0.0953. The van der Waals surface area contributed by atoms with Crippen LogP contribution in [0, 0.1) is 0 Å². The molecular weight excluding hydrogens is 408 g/mol. The van der Waals surface area contributed by atoms with Crippen LogP contribution in [-0.2, 0) is 13.0 Å². The van der Waals surface area contributed by atoms with Gasteiger partial charge in [0.1, 0.15) is 5.58 Å². The van der Waals surface area contributed by atoms with E-state index in [0.29, 0.717) is 5.58 Å². The van der Waals surface area contributed by atoms with Crippen molar-refractivity contribution in [2.75, 3.05) is 16.8 Å². The molecule has 0 radical (unpaired) electrons. The Morgan fingerprint density at radius 3 is 2.68 bits per heavy atom. The summed E-state index contributed by atoms with van der Waals surface area (Å²) in [4.78, 5) is 18.8. The summed E-state index contributed by atoms with van der Waals surface area (Å²) < 4.78 is 5.54. The number of carbonyl (C=O) groups is 1. The third-order valence-corrected chi connectivity index (χ3v) is 5.59. The Bertz CT molecular complexity index is 1230. The number of fused-ring (bicyclic) bond motifs is 2. The molecule has 6 nitrogen and oxygen atoms in total. The van der Waals surface area contributed by atoms with Crippen LogP contribution in [0.5, 0.6) is 0 Å². The highest BCUT2D eigenvalue weighted by atomic mass is 32.1. The van der Waals surface area contributed by atoms with E-state index in [1.165, 1.54) is 11.1 Å². The third kappa shape index (κ3) is 4.13. The van der Waals surface area contributed by atoms with Gasteiger partial charge in [-0.25, -0.2) is 0 Å². The molecule has 2 aromatic heterocycles. The maximum atomic E-state index is 12.4. The summed E-state index contributed by atoms with van der Waals surface area (Å²) in [6.45, 7) is 1.90. The maximum Gasteiger partial charge on any atom is 0.293 e. The van der Waals surface area contributed by atoms with Crippen LogP contribution >= 0.6 is 12.2 Å². The van der Waals surface area contributed by atoms with Crippen LogP contribution in [0.2, 0.25) is 0 Å². The molecule has 5 rings (SSSR count). The minimum atomic E-state index is -0.405. The monoisotopic (exact) mass is 428 g/mol. The van der Waals surface area contributed by atoms with Gasteiger partial charge in [-0.1, -0.05) is 24.3 Å². The molecule has 1 aliphatic heterocycles. The molecule has 2 N–H and O–H groups in total. The smallest absolute Gasteiger partial charge is 0.293 e. The number of thiocarbonyl (C=S) groups is 1. The van der Waals surface area contributed by atoms with E-state index in [2.05, 4.69) is 56.9 Å². The van der Waals surface area contributed by atoms with Crippen molar-refractivity contribution in [1.29, 1.82) is 0 Å². The van der Waals surface area contributed by atoms with Crippen molar-refractivity contribution in [3.05, 3.63) is 89.9 Å². The number of benzene rings is 2. The number of amides is 1. The molecule has 2 aromatic carbocycles. The zero-order valence-corrected chi connectivity index (χ0v) is 17.5. The predicted octanol–water partition coefficient (Wildman–Crippen LogP) is 4.52. The molecular formula is C24H20N4O2S. The van der Waals surface area contributed by atoms with E-state index in [1.807, 2.05) is 12.1 Å². The van der Waals surface area contributed by atoms with E-state index in [1.54, 1.807) is 24.5 Å². The van der Waals surface area contributed by atoms with Crippen molar-refractivity contribution >= 4 is 45.6 Å². The first-order valence-corrected chi connectivity index (χ1v) is 10.4. The molecule has 0 saturated heterocycles. The van der Waals surface area contributed by atoms with Gasteiger partial charge in [0, 0.05) is 42.2 Å². The van der Waals surface area contributed by atoms with Crippen molar-refractivity contribution < 1.29 is 9.21 Å². The molecule has 31 heavy (non-hydrogen) atoms. The summed E-state index contributed by atoms with van der Waals surface area (Å²) in [6, 6.07) is 20.0. The summed E-state index contributed by atoms with van der Waals surface area (Å²) in [5.74, 6) is -0.217. The van der Waals surface area contributed by atoms with Crippen LogP contribution < -0.4 is 15.5 Å². The molecule has 0 saturated carbocycles. The zero-order valence-electron chi connectivity index (χ0n) is 16.7. The lowest BCUT2D eigenvalue weighted by Gasteiger charge is -2.30. The topological polar surface area (TPSA) is 70.4 Å². The highest BCUT2D eigenvalue weighted by molar-refractivity contribution is 7.80. The van der Waals surface area contributed by atoms with Gasteiger partial charge in [0.25, 0.3) is 5.91 Å². The zero-order chi connectivity index (χ0) is 21.2. The average Bonchev–Trinajstić information content (AvgIpc) is 3.24. The number of aromatic nitrogens is 1. The van der Waals surface area contributed by atoms with E-state index < -0.39 is 5.91 Å². The molecule has 1 aliphatic rings. The normalized spacial score (nSPS) is 13.0. The maximum absolute atomic E-state index is 12.4. The summed E-state index contributed by atoms with van der Waals surface area (Å²) in [5.41, 5.74) is 5.38. The van der Waals surface area contributed by atoms with Gasteiger partial charge in [0.15, 0.2) is 10.9 Å². The van der Waals surface area contributed by atoms with Crippen LogP contribution in [-0.4, -0.2) is 22.5 Å². The number of anilines is 2. The Hall–Kier alpha value is -3.71. The summed E-state index contributed by atoms with van der Waals surface area (Å²) >= 11 is 5.29. The van der Waals surface area contributed by atoms with E-state index in [-0.39, 0.29) is 10.9 Å². The minimum Gasteiger partial charge on any atom is -0.451 e. The summed E-state index contributed by atoms with van der Waals surface area (Å²) in [6.07, 6.45) is 4.31. The van der Waals surface area contributed by atoms with Gasteiger partial charge < -0.3 is 14.6 Å².